The van der Waals surface area contributed by atoms with Gasteiger partial charge in [0.15, 0.2) is 0 Å². The van der Waals surface area contributed by atoms with E-state index in [2.05, 4.69) is 16.9 Å². The smallest absolute Gasteiger partial charge is 0.389 e. The molecule has 40 heavy (non-hydrogen) atoms. The normalized spacial score (nSPS) is 22.0. The number of halogens is 3. The minimum Gasteiger partial charge on any atom is -0.389 e. The van der Waals surface area contributed by atoms with Crippen LogP contribution in [0.4, 0.5) is 19.1 Å². The predicted molar refractivity (Wildman–Crippen MR) is 141 cm³/mol. The van der Waals surface area contributed by atoms with E-state index in [4.69, 9.17) is 0 Å². The molecule has 0 radical (unpaired) electrons. The lowest BCUT2D eigenvalue weighted by Gasteiger charge is -2.33. The van der Waals surface area contributed by atoms with Gasteiger partial charge in [-0.2, -0.15) is 13.2 Å². The third kappa shape index (κ3) is 5.74. The fraction of sp³-hybridized carbons (Fsp3) is 0.393. The molecule has 2 aliphatic heterocycles. The minimum atomic E-state index is -4.59. The topological polar surface area (TPSA) is 111 Å². The maximum absolute atomic E-state index is 13.2. The molecular weight excluding hydrogens is 527 g/mol. The number of carbonyl (C=O) groups is 2. The highest BCUT2D eigenvalue weighted by Gasteiger charge is 2.32. The van der Waals surface area contributed by atoms with Gasteiger partial charge in [-0.3, -0.25) is 19.8 Å². The van der Waals surface area contributed by atoms with Gasteiger partial charge in [-0.1, -0.05) is 18.7 Å². The number of rotatable bonds is 6. The number of imidazole rings is 1. The molecule has 3 aromatic rings. The van der Waals surface area contributed by atoms with Crippen LogP contribution in [0.5, 0.6) is 0 Å². The van der Waals surface area contributed by atoms with Gasteiger partial charge in [0.25, 0.3) is 5.91 Å². The van der Waals surface area contributed by atoms with Gasteiger partial charge in [0, 0.05) is 38.3 Å². The van der Waals surface area contributed by atoms with Gasteiger partial charge in [0.1, 0.15) is 0 Å². The molecule has 2 amide bonds. The van der Waals surface area contributed by atoms with Crippen molar-refractivity contribution in [2.24, 2.45) is 0 Å². The quantitative estimate of drug-likeness (QED) is 0.402. The second-order valence-corrected chi connectivity index (χ2v) is 10.3. The molecule has 2 fully saturated rings. The van der Waals surface area contributed by atoms with Crippen molar-refractivity contribution in [3.63, 3.8) is 0 Å². The number of benzene rings is 2. The Balaban J connectivity index is 1.49. The van der Waals surface area contributed by atoms with Gasteiger partial charge >= 0.3 is 6.18 Å². The Bertz CT molecular complexity index is 1430. The highest BCUT2D eigenvalue weighted by molar-refractivity contribution is 6.04. The minimum absolute atomic E-state index is 0.160. The largest absolute Gasteiger partial charge is 0.416 e. The van der Waals surface area contributed by atoms with E-state index in [-0.39, 0.29) is 23.5 Å². The van der Waals surface area contributed by atoms with Gasteiger partial charge in [0.05, 0.1) is 34.8 Å². The summed E-state index contributed by atoms with van der Waals surface area (Å²) >= 11 is 0. The van der Waals surface area contributed by atoms with Crippen molar-refractivity contribution < 1.29 is 33.0 Å². The number of anilines is 1. The molecule has 2 saturated heterocycles. The van der Waals surface area contributed by atoms with Crippen molar-refractivity contribution in [1.82, 2.24) is 19.4 Å². The Kier molecular flexibility index (Phi) is 7.67. The molecule has 2 aromatic carbocycles. The van der Waals surface area contributed by atoms with E-state index in [0.29, 0.717) is 56.6 Å². The number of nitrogens with zero attached hydrogens (tertiary/aromatic N) is 4. The van der Waals surface area contributed by atoms with Crippen LogP contribution in [0.15, 0.2) is 55.1 Å². The third-order valence-electron chi connectivity index (χ3n) is 7.42. The zero-order valence-corrected chi connectivity index (χ0v) is 21.6. The average Bonchev–Trinajstić information content (AvgIpc) is 3.44. The molecule has 3 atom stereocenters. The molecule has 12 heteroatoms. The van der Waals surface area contributed by atoms with Crippen molar-refractivity contribution in [2.75, 3.05) is 31.5 Å². The summed E-state index contributed by atoms with van der Waals surface area (Å²) in [5.74, 6) is -0.779. The van der Waals surface area contributed by atoms with E-state index in [9.17, 15) is 33.0 Å². The van der Waals surface area contributed by atoms with Crippen LogP contribution in [-0.4, -0.2) is 79.8 Å². The van der Waals surface area contributed by atoms with E-state index in [1.165, 1.54) is 18.2 Å². The number of piperidine rings is 1. The van der Waals surface area contributed by atoms with Gasteiger partial charge in [0.2, 0.25) is 11.9 Å². The maximum atomic E-state index is 13.2. The van der Waals surface area contributed by atoms with E-state index >= 15 is 0 Å². The van der Waals surface area contributed by atoms with Crippen LogP contribution in [-0.2, 0) is 17.5 Å². The molecule has 0 saturated carbocycles. The number of fused-ring (bicyclic) bond motifs is 1. The summed E-state index contributed by atoms with van der Waals surface area (Å²) in [5.41, 5.74) is 1.04. The first-order valence-corrected chi connectivity index (χ1v) is 13.0. The van der Waals surface area contributed by atoms with E-state index in [0.717, 1.165) is 17.7 Å². The van der Waals surface area contributed by atoms with Gasteiger partial charge < -0.3 is 19.7 Å². The Morgan fingerprint density at radius 2 is 1.85 bits per heavy atom. The first kappa shape index (κ1) is 27.8. The predicted octanol–water partition coefficient (Wildman–Crippen LogP) is 3.19. The molecule has 0 aliphatic carbocycles. The summed E-state index contributed by atoms with van der Waals surface area (Å²) in [5, 5.41) is 22.5. The molecule has 0 spiro atoms. The second kappa shape index (κ2) is 11.0. The lowest BCUT2D eigenvalue weighted by molar-refractivity contribution is -0.137. The zero-order chi connectivity index (χ0) is 28.6. The van der Waals surface area contributed by atoms with Crippen molar-refractivity contribution in [3.8, 4) is 0 Å². The number of aliphatic hydroxyl groups excluding tert-OH is 2. The second-order valence-electron chi connectivity index (χ2n) is 10.3. The summed E-state index contributed by atoms with van der Waals surface area (Å²) in [6, 6.07) is 9.54. The number of β-amino-alcohol motifs (C(OH)–C–C–N with tert-alkyl or cyclic N) is 2. The molecule has 2 aliphatic rings. The zero-order valence-electron chi connectivity index (χ0n) is 21.6. The lowest BCUT2D eigenvalue weighted by atomic mass is 10.0. The summed E-state index contributed by atoms with van der Waals surface area (Å²) in [7, 11) is 0. The summed E-state index contributed by atoms with van der Waals surface area (Å²) in [4.78, 5) is 33.7. The number of hydrogen-bond donors (Lipinski definition) is 3. The van der Waals surface area contributed by atoms with Crippen molar-refractivity contribution >= 4 is 28.8 Å². The van der Waals surface area contributed by atoms with Crippen LogP contribution < -0.4 is 5.32 Å². The summed E-state index contributed by atoms with van der Waals surface area (Å²) in [6.07, 6.45) is -3.55. The maximum Gasteiger partial charge on any atom is 0.416 e. The number of aromatic nitrogens is 2. The lowest BCUT2D eigenvalue weighted by Crippen LogP contribution is -2.40. The number of alkyl halides is 3. The van der Waals surface area contributed by atoms with Crippen LogP contribution in [0.1, 0.15) is 40.4 Å². The van der Waals surface area contributed by atoms with Crippen LogP contribution >= 0.6 is 0 Å². The van der Waals surface area contributed by atoms with Crippen LogP contribution in [0.3, 0.4) is 0 Å². The number of amides is 2. The van der Waals surface area contributed by atoms with Gasteiger partial charge in [-0.05, 0) is 54.8 Å². The molecule has 3 heterocycles. The average molecular weight is 558 g/mol. The Morgan fingerprint density at radius 3 is 2.55 bits per heavy atom. The number of nitrogens with one attached hydrogen (secondary N) is 1. The first-order chi connectivity index (χ1) is 19.0. The number of carbonyl (C=O) groups excluding carboxylic acids is 2. The van der Waals surface area contributed by atoms with Crippen molar-refractivity contribution in [3.05, 3.63) is 71.8 Å². The van der Waals surface area contributed by atoms with Gasteiger partial charge in [-0.15, -0.1) is 0 Å². The van der Waals surface area contributed by atoms with E-state index < -0.39 is 29.9 Å². The molecule has 9 nitrogen and oxygen atoms in total. The molecular formula is C28H30F3N5O4. The van der Waals surface area contributed by atoms with Crippen molar-refractivity contribution in [1.29, 1.82) is 0 Å². The number of likely N-dealkylation sites (tertiary alicyclic amines) is 2. The number of hydrogen-bond acceptors (Lipinski definition) is 6. The molecule has 3 N–H and O–H groups in total. The highest BCUT2D eigenvalue weighted by atomic mass is 19.4. The fourth-order valence-electron chi connectivity index (χ4n) is 5.44. The van der Waals surface area contributed by atoms with Crippen LogP contribution in [0, 0.1) is 0 Å². The van der Waals surface area contributed by atoms with Crippen LogP contribution in [0.2, 0.25) is 0 Å². The van der Waals surface area contributed by atoms with Crippen molar-refractivity contribution in [2.45, 2.75) is 43.8 Å². The molecule has 1 aromatic heterocycles. The first-order valence-electron chi connectivity index (χ1n) is 13.0. The monoisotopic (exact) mass is 557 g/mol. The molecule has 0 unspecified atom stereocenters. The summed E-state index contributed by atoms with van der Waals surface area (Å²) in [6.45, 7) is 5.62. The molecule has 0 bridgehead atoms. The van der Waals surface area contributed by atoms with Crippen LogP contribution in [0.25, 0.3) is 11.0 Å². The fourth-order valence-corrected chi connectivity index (χ4v) is 5.44. The molecule has 5 rings (SSSR count). The SMILES string of the molecule is C=CC(=O)N1CCC[C@@H](n2c(NC(=O)c3cccc(C(F)(F)F)c3)nc3cc(CN4C[C@@H](O)[C@H](O)C4)ccc32)C1. The summed E-state index contributed by atoms with van der Waals surface area (Å²) < 4.78 is 41.6. The third-order valence-corrected chi connectivity index (χ3v) is 7.42. The van der Waals surface area contributed by atoms with Gasteiger partial charge in [-0.25, -0.2) is 4.98 Å². The van der Waals surface area contributed by atoms with E-state index in [1.807, 2.05) is 27.7 Å². The Hall–Kier alpha value is -3.74. The Labute approximate surface area is 228 Å². The molecule has 212 valence electrons. The van der Waals surface area contributed by atoms with E-state index in [1.54, 1.807) is 4.90 Å². The highest BCUT2D eigenvalue weighted by Crippen LogP contribution is 2.33. The standard InChI is InChI=1S/C28H30F3N5O4/c1-2-25(39)35-10-4-7-20(14-35)36-22-9-8-17(13-34-15-23(37)24(38)16-34)11-21(22)32-27(36)33-26(40)18-5-3-6-19(12-18)28(29,30)31/h2-3,5-6,8-9,11-12,20,23-24,37-38H,1,4,7,10,13-16H2,(H,32,33,40)/t20-,23-,24-/m1/s1. The Morgan fingerprint density at radius 1 is 1.10 bits per heavy atom. The number of aliphatic hydroxyl groups is 2.